The van der Waals surface area contributed by atoms with Gasteiger partial charge in [-0.25, -0.2) is 4.39 Å². The molecule has 0 aliphatic heterocycles. The van der Waals surface area contributed by atoms with Crippen LogP contribution in [0.2, 0.25) is 0 Å². The molecule has 0 saturated heterocycles. The number of carbonyl (C=O) groups is 1. The molecule has 0 aliphatic carbocycles. The van der Waals surface area contributed by atoms with Crippen LogP contribution in [0.15, 0.2) is 27.2 Å². The Morgan fingerprint density at radius 1 is 1.45 bits per heavy atom. The molecule has 1 N–H and O–H groups in total. The minimum atomic E-state index is -0.470. The number of hydrogen-bond acceptors (Lipinski definition) is 3. The van der Waals surface area contributed by atoms with Crippen molar-refractivity contribution in [3.8, 4) is 0 Å². The van der Waals surface area contributed by atoms with Crippen LogP contribution in [0.3, 0.4) is 0 Å². The molecular formula is C14H14BrFN2O2. The highest BCUT2D eigenvalue weighted by Crippen LogP contribution is 2.24. The Labute approximate surface area is 124 Å². The first kappa shape index (κ1) is 14.7. The number of amides is 1. The van der Waals surface area contributed by atoms with E-state index in [1.54, 1.807) is 13.0 Å². The molecular weight excluding hydrogens is 327 g/mol. The predicted octanol–water partition coefficient (Wildman–Crippen LogP) is 3.68. The van der Waals surface area contributed by atoms with E-state index >= 15 is 0 Å². The molecule has 1 heterocycles. The van der Waals surface area contributed by atoms with E-state index in [4.69, 9.17) is 4.52 Å². The molecule has 1 unspecified atom stereocenters. The Morgan fingerprint density at radius 2 is 2.15 bits per heavy atom. The molecule has 1 amide bonds. The van der Waals surface area contributed by atoms with Gasteiger partial charge in [-0.1, -0.05) is 11.2 Å². The minimum Gasteiger partial charge on any atom is -0.361 e. The molecule has 6 heteroatoms. The Bertz CT molecular complexity index is 635. The predicted molar refractivity (Wildman–Crippen MR) is 76.0 cm³/mol. The second-order valence-corrected chi connectivity index (χ2v) is 5.33. The van der Waals surface area contributed by atoms with Crippen LogP contribution >= 0.6 is 15.9 Å². The van der Waals surface area contributed by atoms with Crippen molar-refractivity contribution in [2.24, 2.45) is 0 Å². The summed E-state index contributed by atoms with van der Waals surface area (Å²) in [6.07, 6.45) is 0. The van der Waals surface area contributed by atoms with Gasteiger partial charge in [0, 0.05) is 5.56 Å². The lowest BCUT2D eigenvalue weighted by atomic mass is 10.1. The molecule has 0 bridgehead atoms. The first-order valence-corrected chi connectivity index (χ1v) is 6.88. The number of nitrogens with zero attached hydrogens (tertiary/aromatic N) is 1. The first-order chi connectivity index (χ1) is 9.41. The lowest BCUT2D eigenvalue weighted by Gasteiger charge is -2.14. The second kappa shape index (κ2) is 5.75. The number of carbonyl (C=O) groups excluding carboxylic acids is 1. The molecule has 0 radical (unpaired) electrons. The van der Waals surface area contributed by atoms with Gasteiger partial charge in [0.15, 0.2) is 0 Å². The fraction of sp³-hybridized carbons (Fsp3) is 0.286. The van der Waals surface area contributed by atoms with Crippen molar-refractivity contribution in [3.05, 3.63) is 51.1 Å². The molecule has 1 atom stereocenters. The van der Waals surface area contributed by atoms with Gasteiger partial charge in [-0.05, 0) is 48.8 Å². The summed E-state index contributed by atoms with van der Waals surface area (Å²) >= 11 is 3.08. The van der Waals surface area contributed by atoms with Crippen LogP contribution in [-0.2, 0) is 0 Å². The van der Waals surface area contributed by atoms with Crippen molar-refractivity contribution in [2.45, 2.75) is 26.8 Å². The lowest BCUT2D eigenvalue weighted by molar-refractivity contribution is 0.0938. The Balaban J connectivity index is 2.22. The average molecular weight is 341 g/mol. The zero-order valence-electron chi connectivity index (χ0n) is 11.3. The number of hydrogen-bond donors (Lipinski definition) is 1. The summed E-state index contributed by atoms with van der Waals surface area (Å²) < 4.78 is 18.7. The van der Waals surface area contributed by atoms with Crippen molar-refractivity contribution in [2.75, 3.05) is 0 Å². The van der Waals surface area contributed by atoms with Crippen LogP contribution in [0.5, 0.6) is 0 Å². The number of aromatic nitrogens is 1. The van der Waals surface area contributed by atoms with Gasteiger partial charge in [0.05, 0.1) is 21.8 Å². The summed E-state index contributed by atoms with van der Waals surface area (Å²) in [5, 5.41) is 6.67. The number of rotatable bonds is 3. The van der Waals surface area contributed by atoms with Gasteiger partial charge in [-0.15, -0.1) is 0 Å². The second-order valence-electron chi connectivity index (χ2n) is 4.53. The van der Waals surface area contributed by atoms with Crippen LogP contribution in [0.4, 0.5) is 4.39 Å². The fourth-order valence-electron chi connectivity index (χ4n) is 2.13. The van der Waals surface area contributed by atoms with Crippen molar-refractivity contribution in [3.63, 3.8) is 0 Å². The van der Waals surface area contributed by atoms with Gasteiger partial charge in [0.25, 0.3) is 5.91 Å². The summed E-state index contributed by atoms with van der Waals surface area (Å²) in [4.78, 5) is 12.2. The summed E-state index contributed by atoms with van der Waals surface area (Å²) in [6.45, 7) is 5.43. The van der Waals surface area contributed by atoms with Crippen molar-refractivity contribution in [1.82, 2.24) is 10.5 Å². The normalized spacial score (nSPS) is 12.2. The topological polar surface area (TPSA) is 55.1 Å². The third kappa shape index (κ3) is 2.75. The molecule has 20 heavy (non-hydrogen) atoms. The van der Waals surface area contributed by atoms with E-state index in [9.17, 15) is 9.18 Å². The number of halogens is 2. The Morgan fingerprint density at radius 3 is 2.75 bits per heavy atom. The van der Waals surface area contributed by atoms with E-state index in [0.29, 0.717) is 5.76 Å². The highest BCUT2D eigenvalue weighted by atomic mass is 79.9. The van der Waals surface area contributed by atoms with Crippen molar-refractivity contribution in [1.29, 1.82) is 0 Å². The number of benzene rings is 1. The molecule has 2 rings (SSSR count). The Kier molecular flexibility index (Phi) is 4.23. The SMILES string of the molecule is Cc1noc(C)c1C(C)NC(=O)c1cccc(F)c1Br. The van der Waals surface area contributed by atoms with E-state index in [0.717, 1.165) is 11.3 Å². The van der Waals surface area contributed by atoms with E-state index < -0.39 is 5.82 Å². The minimum absolute atomic E-state index is 0.156. The fourth-order valence-corrected chi connectivity index (χ4v) is 2.58. The molecule has 0 fully saturated rings. The molecule has 0 saturated carbocycles. The van der Waals surface area contributed by atoms with Gasteiger partial charge in [0.2, 0.25) is 0 Å². The quantitative estimate of drug-likeness (QED) is 0.927. The summed E-state index contributed by atoms with van der Waals surface area (Å²) in [7, 11) is 0. The van der Waals surface area contributed by atoms with E-state index in [1.165, 1.54) is 12.1 Å². The van der Waals surface area contributed by atoms with Crippen molar-refractivity contribution < 1.29 is 13.7 Å². The molecule has 2 aromatic rings. The Hall–Kier alpha value is -1.69. The standard InChI is InChI=1S/C14H14BrFN2O2/c1-7(12-8(2)18-20-9(12)3)17-14(19)10-5-4-6-11(16)13(10)15/h4-7H,1-3H3,(H,17,19). The maximum Gasteiger partial charge on any atom is 0.253 e. The van der Waals surface area contributed by atoms with Crippen molar-refractivity contribution >= 4 is 21.8 Å². The van der Waals surface area contributed by atoms with E-state index in [2.05, 4.69) is 26.4 Å². The van der Waals surface area contributed by atoms with Gasteiger partial charge in [0.1, 0.15) is 11.6 Å². The summed E-state index contributed by atoms with van der Waals surface area (Å²) in [6, 6.07) is 4.07. The third-order valence-electron chi connectivity index (χ3n) is 3.07. The van der Waals surface area contributed by atoms with E-state index in [-0.39, 0.29) is 22.0 Å². The maximum atomic E-state index is 13.4. The van der Waals surface area contributed by atoms with Gasteiger partial charge >= 0.3 is 0 Å². The monoisotopic (exact) mass is 340 g/mol. The van der Waals surface area contributed by atoms with Gasteiger partial charge < -0.3 is 9.84 Å². The van der Waals surface area contributed by atoms with Crippen LogP contribution in [-0.4, -0.2) is 11.1 Å². The molecule has 0 aliphatic rings. The first-order valence-electron chi connectivity index (χ1n) is 6.09. The smallest absolute Gasteiger partial charge is 0.253 e. The maximum absolute atomic E-state index is 13.4. The molecule has 1 aromatic heterocycles. The van der Waals surface area contributed by atoms with Crippen LogP contribution in [0.25, 0.3) is 0 Å². The van der Waals surface area contributed by atoms with Crippen LogP contribution in [0, 0.1) is 19.7 Å². The zero-order valence-corrected chi connectivity index (χ0v) is 12.9. The average Bonchev–Trinajstić information content (AvgIpc) is 2.72. The van der Waals surface area contributed by atoms with Gasteiger partial charge in [-0.3, -0.25) is 4.79 Å². The largest absolute Gasteiger partial charge is 0.361 e. The molecule has 4 nitrogen and oxygen atoms in total. The number of nitrogens with one attached hydrogen (secondary N) is 1. The van der Waals surface area contributed by atoms with E-state index in [1.807, 2.05) is 13.8 Å². The molecule has 0 spiro atoms. The van der Waals surface area contributed by atoms with Crippen LogP contribution < -0.4 is 5.32 Å². The summed E-state index contributed by atoms with van der Waals surface area (Å²) in [5.41, 5.74) is 1.82. The molecule has 1 aromatic carbocycles. The third-order valence-corrected chi connectivity index (χ3v) is 3.87. The highest BCUT2D eigenvalue weighted by Gasteiger charge is 2.20. The number of aryl methyl sites for hydroxylation is 2. The van der Waals surface area contributed by atoms with Gasteiger partial charge in [-0.2, -0.15) is 0 Å². The zero-order chi connectivity index (χ0) is 14.9. The highest BCUT2D eigenvalue weighted by molar-refractivity contribution is 9.10. The lowest BCUT2D eigenvalue weighted by Crippen LogP contribution is -2.27. The van der Waals surface area contributed by atoms with Crippen LogP contribution in [0.1, 0.15) is 40.3 Å². The molecule has 106 valence electrons. The summed E-state index contributed by atoms with van der Waals surface area (Å²) in [5.74, 6) is -0.167.